The van der Waals surface area contributed by atoms with Gasteiger partial charge in [0.25, 0.3) is 0 Å². The van der Waals surface area contributed by atoms with Crippen molar-refractivity contribution in [3.63, 3.8) is 0 Å². The Kier molecular flexibility index (Phi) is 6.50. The molecule has 1 aromatic heterocycles. The number of aromatic nitrogens is 1. The van der Waals surface area contributed by atoms with E-state index in [-0.39, 0.29) is 42.6 Å². The highest BCUT2D eigenvalue weighted by atomic mass is 32.1. The van der Waals surface area contributed by atoms with Crippen molar-refractivity contribution in [1.82, 2.24) is 15.6 Å². The van der Waals surface area contributed by atoms with Crippen LogP contribution in [0.2, 0.25) is 0 Å². The van der Waals surface area contributed by atoms with Gasteiger partial charge in [-0.25, -0.2) is 14.6 Å². The number of carboxylic acid groups (broad SMARTS) is 1. The molecule has 0 unspecified atom stereocenters. The van der Waals surface area contributed by atoms with Gasteiger partial charge >= 0.3 is 12.1 Å². The molecular weight excluding hydrogens is 466 g/mol. The fraction of sp³-hybridized carbons (Fsp3) is 0.308. The molecule has 180 valence electrons. The lowest BCUT2D eigenvalue weighted by atomic mass is 9.98. The zero-order chi connectivity index (χ0) is 24.4. The van der Waals surface area contributed by atoms with Crippen LogP contribution in [0.4, 0.5) is 4.79 Å². The zero-order valence-corrected chi connectivity index (χ0v) is 19.7. The minimum absolute atomic E-state index is 0.00255. The Morgan fingerprint density at radius 1 is 1.03 bits per heavy atom. The van der Waals surface area contributed by atoms with Gasteiger partial charge in [-0.2, -0.15) is 0 Å². The van der Waals surface area contributed by atoms with Crippen molar-refractivity contribution in [2.45, 2.75) is 37.8 Å². The Bertz CT molecular complexity index is 1230. The Labute approximate surface area is 206 Å². The van der Waals surface area contributed by atoms with Gasteiger partial charge in [0.2, 0.25) is 5.91 Å². The molecule has 2 aromatic carbocycles. The number of hydrogen-bond donors (Lipinski definition) is 3. The van der Waals surface area contributed by atoms with E-state index in [9.17, 15) is 14.4 Å². The minimum Gasteiger partial charge on any atom is -0.476 e. The van der Waals surface area contributed by atoms with Crippen molar-refractivity contribution < 1.29 is 24.2 Å². The van der Waals surface area contributed by atoms with E-state index in [1.807, 2.05) is 24.3 Å². The third kappa shape index (κ3) is 4.90. The average Bonchev–Trinajstić information content (AvgIpc) is 3.59. The summed E-state index contributed by atoms with van der Waals surface area (Å²) in [6.45, 7) is 0.445. The molecule has 8 nitrogen and oxygen atoms in total. The molecule has 0 bridgehead atoms. The molecule has 0 aliphatic heterocycles. The zero-order valence-electron chi connectivity index (χ0n) is 18.9. The van der Waals surface area contributed by atoms with E-state index in [0.717, 1.165) is 11.1 Å². The number of nitrogens with one attached hydrogen (secondary N) is 2. The van der Waals surface area contributed by atoms with Crippen molar-refractivity contribution in [3.8, 4) is 11.1 Å². The van der Waals surface area contributed by atoms with Gasteiger partial charge in [0.15, 0.2) is 5.69 Å². The molecule has 1 fully saturated rings. The average molecular weight is 492 g/mol. The normalized spacial score (nSPS) is 18.5. The van der Waals surface area contributed by atoms with E-state index >= 15 is 0 Å². The summed E-state index contributed by atoms with van der Waals surface area (Å²) in [6.07, 6.45) is 1.43. The highest BCUT2D eigenvalue weighted by Gasteiger charge is 2.32. The van der Waals surface area contributed by atoms with Crippen LogP contribution in [-0.4, -0.2) is 40.7 Å². The molecule has 35 heavy (non-hydrogen) atoms. The van der Waals surface area contributed by atoms with E-state index in [4.69, 9.17) is 9.84 Å². The van der Waals surface area contributed by atoms with Crippen LogP contribution in [0.3, 0.4) is 0 Å². The van der Waals surface area contributed by atoms with Gasteiger partial charge < -0.3 is 20.5 Å². The first-order valence-electron chi connectivity index (χ1n) is 11.6. The number of thiazole rings is 1. The molecule has 2 atom stereocenters. The summed E-state index contributed by atoms with van der Waals surface area (Å²) in [5.74, 6) is -1.42. The lowest BCUT2D eigenvalue weighted by Gasteiger charge is -2.17. The molecule has 9 heteroatoms. The maximum atomic E-state index is 12.5. The Morgan fingerprint density at radius 3 is 2.37 bits per heavy atom. The second-order valence-electron chi connectivity index (χ2n) is 8.83. The smallest absolute Gasteiger partial charge is 0.407 e. The van der Waals surface area contributed by atoms with Gasteiger partial charge in [-0.1, -0.05) is 48.5 Å². The van der Waals surface area contributed by atoms with Gasteiger partial charge in [0, 0.05) is 23.3 Å². The van der Waals surface area contributed by atoms with Crippen LogP contribution in [0.25, 0.3) is 11.1 Å². The van der Waals surface area contributed by atoms with Crippen LogP contribution in [0, 0.1) is 5.92 Å². The number of amides is 2. The van der Waals surface area contributed by atoms with Gasteiger partial charge in [-0.05, 0) is 41.5 Å². The fourth-order valence-corrected chi connectivity index (χ4v) is 5.66. The van der Waals surface area contributed by atoms with Crippen LogP contribution in [0.15, 0.2) is 53.9 Å². The highest BCUT2D eigenvalue weighted by molar-refractivity contribution is 7.09. The number of alkyl carbamates (subject to hydrolysis) is 1. The third-order valence-corrected chi connectivity index (χ3v) is 7.50. The molecule has 5 rings (SSSR count). The summed E-state index contributed by atoms with van der Waals surface area (Å²) in [6, 6.07) is 16.3. The lowest BCUT2D eigenvalue weighted by Crippen LogP contribution is -2.35. The molecule has 3 aromatic rings. The molecule has 2 aliphatic rings. The van der Waals surface area contributed by atoms with Crippen molar-refractivity contribution in [1.29, 1.82) is 0 Å². The van der Waals surface area contributed by atoms with Gasteiger partial charge in [0.1, 0.15) is 11.6 Å². The molecule has 0 saturated heterocycles. The van der Waals surface area contributed by atoms with E-state index < -0.39 is 12.1 Å². The fourth-order valence-electron chi connectivity index (χ4n) is 4.95. The molecule has 1 heterocycles. The van der Waals surface area contributed by atoms with Crippen molar-refractivity contribution in [2.24, 2.45) is 5.92 Å². The number of carbonyl (C=O) groups is 3. The topological polar surface area (TPSA) is 118 Å². The number of carboxylic acids is 1. The molecule has 2 amide bonds. The summed E-state index contributed by atoms with van der Waals surface area (Å²) < 4.78 is 5.62. The summed E-state index contributed by atoms with van der Waals surface area (Å²) >= 11 is 1.20. The van der Waals surface area contributed by atoms with E-state index in [2.05, 4.69) is 39.9 Å². The second-order valence-corrected chi connectivity index (χ2v) is 9.77. The number of rotatable bonds is 7. The standard InChI is InChI=1S/C26H25N3O5S/c30-24(27-12-23-29-22(14-35-23)25(31)32)15-9-10-16(11-15)28-26(33)34-13-21-19-7-3-1-5-17(19)18-6-2-4-8-20(18)21/h1-8,14-16,21H,9-13H2,(H,27,30)(H,28,33)(H,31,32)/t15-,16+/m1/s1. The van der Waals surface area contributed by atoms with Crippen LogP contribution >= 0.6 is 11.3 Å². The number of fused-ring (bicyclic) bond motifs is 3. The molecule has 0 radical (unpaired) electrons. The number of aromatic carboxylic acids is 1. The van der Waals surface area contributed by atoms with Crippen molar-refractivity contribution in [2.75, 3.05) is 6.61 Å². The van der Waals surface area contributed by atoms with Gasteiger partial charge in [0.05, 0.1) is 6.54 Å². The SMILES string of the molecule is O=C(N[C@H]1CC[C@@H](C(=O)NCc2nc(C(=O)O)cs2)C1)OCC1c2ccccc2-c2ccccc21. The first-order valence-corrected chi connectivity index (χ1v) is 12.4. The van der Waals surface area contributed by atoms with Gasteiger partial charge in [-0.15, -0.1) is 11.3 Å². The lowest BCUT2D eigenvalue weighted by molar-refractivity contribution is -0.125. The highest BCUT2D eigenvalue weighted by Crippen LogP contribution is 2.44. The Balaban J connectivity index is 1.10. The second kappa shape index (κ2) is 9.87. The summed E-state index contributed by atoms with van der Waals surface area (Å²) in [5.41, 5.74) is 4.66. The first kappa shape index (κ1) is 23.0. The number of hydrogen-bond acceptors (Lipinski definition) is 6. The molecule has 0 spiro atoms. The quantitative estimate of drug-likeness (QED) is 0.457. The maximum Gasteiger partial charge on any atom is 0.407 e. The van der Waals surface area contributed by atoms with Crippen molar-refractivity contribution in [3.05, 3.63) is 75.7 Å². The molecule has 2 aliphatic carbocycles. The molecule has 3 N–H and O–H groups in total. The Hall–Kier alpha value is -3.72. The predicted molar refractivity (Wildman–Crippen MR) is 130 cm³/mol. The minimum atomic E-state index is -1.09. The predicted octanol–water partition coefficient (Wildman–Crippen LogP) is 4.16. The summed E-state index contributed by atoms with van der Waals surface area (Å²) in [5, 5.41) is 16.7. The largest absolute Gasteiger partial charge is 0.476 e. The summed E-state index contributed by atoms with van der Waals surface area (Å²) in [4.78, 5) is 40.0. The molecule has 1 saturated carbocycles. The van der Waals surface area contributed by atoms with Crippen LogP contribution in [-0.2, 0) is 16.1 Å². The summed E-state index contributed by atoms with van der Waals surface area (Å²) in [7, 11) is 0. The van der Waals surface area contributed by atoms with Crippen LogP contribution in [0.1, 0.15) is 51.8 Å². The Morgan fingerprint density at radius 2 is 1.71 bits per heavy atom. The number of benzene rings is 2. The number of carbonyl (C=O) groups excluding carboxylic acids is 2. The van der Waals surface area contributed by atoms with E-state index in [1.54, 1.807) is 0 Å². The van der Waals surface area contributed by atoms with E-state index in [1.165, 1.54) is 27.8 Å². The van der Waals surface area contributed by atoms with E-state index in [0.29, 0.717) is 24.3 Å². The maximum absolute atomic E-state index is 12.5. The van der Waals surface area contributed by atoms with Crippen molar-refractivity contribution >= 4 is 29.3 Å². The third-order valence-electron chi connectivity index (χ3n) is 6.65. The number of ether oxygens (including phenoxy) is 1. The molecular formula is C26H25N3O5S. The first-order chi connectivity index (χ1) is 17.0. The van der Waals surface area contributed by atoms with Crippen LogP contribution in [0.5, 0.6) is 0 Å². The van der Waals surface area contributed by atoms with Gasteiger partial charge in [-0.3, -0.25) is 4.79 Å². The van der Waals surface area contributed by atoms with Crippen LogP contribution < -0.4 is 10.6 Å². The number of nitrogens with zero attached hydrogens (tertiary/aromatic N) is 1. The monoisotopic (exact) mass is 491 g/mol.